The van der Waals surface area contributed by atoms with E-state index >= 15 is 0 Å². The zero-order chi connectivity index (χ0) is 9.00. The molecule has 13 heavy (non-hydrogen) atoms. The summed E-state index contributed by atoms with van der Waals surface area (Å²) >= 11 is 0. The number of hydrogen-bond acceptors (Lipinski definition) is 2. The van der Waals surface area contributed by atoms with Crippen molar-refractivity contribution in [1.29, 1.82) is 0 Å². The topological polar surface area (TPSA) is 24.9 Å². The van der Waals surface area contributed by atoms with Gasteiger partial charge in [-0.2, -0.15) is 0 Å². The number of pyridine rings is 1. The fourth-order valence-corrected chi connectivity index (χ4v) is 2.37. The average Bonchev–Trinajstić information content (AvgIpc) is 2.32. The summed E-state index contributed by atoms with van der Waals surface area (Å²) in [6.07, 6.45) is 4.65. The molecule has 0 saturated heterocycles. The largest absolute Gasteiger partial charge is 0.380 e. The maximum absolute atomic E-state index is 4.54. The van der Waals surface area contributed by atoms with Gasteiger partial charge in [0, 0.05) is 18.2 Å². The third-order valence-corrected chi connectivity index (χ3v) is 3.58. The van der Waals surface area contributed by atoms with E-state index in [-0.39, 0.29) is 0 Å². The first-order chi connectivity index (χ1) is 6.27. The van der Waals surface area contributed by atoms with Crippen LogP contribution in [-0.4, -0.2) is 11.0 Å². The van der Waals surface area contributed by atoms with Gasteiger partial charge in [-0.3, -0.25) is 4.98 Å². The van der Waals surface area contributed by atoms with E-state index in [9.17, 15) is 0 Å². The summed E-state index contributed by atoms with van der Waals surface area (Å²) in [5.41, 5.74) is 5.33. The van der Waals surface area contributed by atoms with Crippen molar-refractivity contribution in [2.75, 3.05) is 5.32 Å². The molecular formula is C11H14N2. The second-order valence-electron chi connectivity index (χ2n) is 4.26. The van der Waals surface area contributed by atoms with Crippen molar-refractivity contribution < 1.29 is 0 Å². The van der Waals surface area contributed by atoms with Gasteiger partial charge in [0.05, 0.1) is 11.4 Å². The van der Waals surface area contributed by atoms with Crippen LogP contribution in [-0.2, 0) is 0 Å². The van der Waals surface area contributed by atoms with Crippen LogP contribution >= 0.6 is 0 Å². The lowest BCUT2D eigenvalue weighted by atomic mass is 9.80. The summed E-state index contributed by atoms with van der Waals surface area (Å²) in [6, 6.07) is 0.697. The summed E-state index contributed by atoms with van der Waals surface area (Å²) in [5, 5.41) is 3.58. The van der Waals surface area contributed by atoms with E-state index in [0.29, 0.717) is 12.0 Å². The molecule has 2 atom stereocenters. The lowest BCUT2D eigenvalue weighted by molar-refractivity contribution is 0.385. The van der Waals surface area contributed by atoms with Crippen LogP contribution in [0.1, 0.15) is 35.6 Å². The molecule has 1 saturated carbocycles. The Kier molecular flexibility index (Phi) is 1.27. The highest BCUT2D eigenvalue weighted by Gasteiger charge is 2.40. The number of aromatic nitrogens is 1. The standard InChI is InChI=1S/C11H14N2/c1-6-5-12-11-8-3-4-9(8)13-10(11)7(6)2/h5,8-9,13H,3-4H2,1-2H3. The van der Waals surface area contributed by atoms with Crippen molar-refractivity contribution in [1.82, 2.24) is 4.98 Å². The third-order valence-electron chi connectivity index (χ3n) is 3.58. The Bertz CT molecular complexity index is 371. The first kappa shape index (κ1) is 7.36. The zero-order valence-electron chi connectivity index (χ0n) is 8.09. The van der Waals surface area contributed by atoms with E-state index in [1.165, 1.54) is 35.3 Å². The van der Waals surface area contributed by atoms with Gasteiger partial charge in [0.15, 0.2) is 0 Å². The number of rotatable bonds is 0. The monoisotopic (exact) mass is 174 g/mol. The first-order valence-corrected chi connectivity index (χ1v) is 5.00. The summed E-state index contributed by atoms with van der Waals surface area (Å²) in [5.74, 6) is 0.717. The predicted molar refractivity (Wildman–Crippen MR) is 53.1 cm³/mol. The fourth-order valence-electron chi connectivity index (χ4n) is 2.37. The van der Waals surface area contributed by atoms with E-state index in [4.69, 9.17) is 0 Å². The molecule has 2 heterocycles. The molecule has 0 spiro atoms. The molecule has 0 aromatic carbocycles. The zero-order valence-corrected chi connectivity index (χ0v) is 8.09. The van der Waals surface area contributed by atoms with E-state index in [1.807, 2.05) is 6.20 Å². The van der Waals surface area contributed by atoms with Crippen LogP contribution in [0, 0.1) is 13.8 Å². The molecule has 3 rings (SSSR count). The Balaban J connectivity index is 2.18. The molecule has 2 unspecified atom stereocenters. The van der Waals surface area contributed by atoms with Crippen molar-refractivity contribution >= 4 is 5.69 Å². The van der Waals surface area contributed by atoms with Gasteiger partial charge in [0.2, 0.25) is 0 Å². The highest BCUT2D eigenvalue weighted by molar-refractivity contribution is 5.64. The van der Waals surface area contributed by atoms with Crippen molar-refractivity contribution in [3.63, 3.8) is 0 Å². The van der Waals surface area contributed by atoms with Crippen LogP contribution in [0.4, 0.5) is 5.69 Å². The molecule has 2 heteroatoms. The average molecular weight is 174 g/mol. The number of aryl methyl sites for hydroxylation is 1. The third kappa shape index (κ3) is 0.808. The highest BCUT2D eigenvalue weighted by Crippen LogP contribution is 2.47. The molecule has 1 fully saturated rings. The molecule has 1 aliphatic heterocycles. The number of hydrogen-bond donors (Lipinski definition) is 1. The Labute approximate surface area is 78.4 Å². The molecule has 2 nitrogen and oxygen atoms in total. The maximum Gasteiger partial charge on any atom is 0.0688 e. The van der Waals surface area contributed by atoms with Crippen LogP contribution in [0.2, 0.25) is 0 Å². The van der Waals surface area contributed by atoms with Gasteiger partial charge in [-0.1, -0.05) is 0 Å². The Hall–Kier alpha value is -1.05. The molecular weight excluding hydrogens is 160 g/mol. The van der Waals surface area contributed by atoms with E-state index in [2.05, 4.69) is 24.1 Å². The van der Waals surface area contributed by atoms with Gasteiger partial charge in [-0.15, -0.1) is 0 Å². The Morgan fingerprint density at radius 1 is 1.38 bits per heavy atom. The summed E-state index contributed by atoms with van der Waals surface area (Å²) in [4.78, 5) is 4.54. The molecule has 1 N–H and O–H groups in total. The highest BCUT2D eigenvalue weighted by atomic mass is 15.0. The Morgan fingerprint density at radius 2 is 2.23 bits per heavy atom. The van der Waals surface area contributed by atoms with Crippen molar-refractivity contribution in [3.05, 3.63) is 23.0 Å². The fraction of sp³-hybridized carbons (Fsp3) is 0.545. The first-order valence-electron chi connectivity index (χ1n) is 5.00. The second kappa shape index (κ2) is 2.25. The molecule has 0 bridgehead atoms. The molecule has 1 aliphatic carbocycles. The molecule has 0 amide bonds. The van der Waals surface area contributed by atoms with Crippen molar-refractivity contribution in [3.8, 4) is 0 Å². The molecule has 0 radical (unpaired) electrons. The number of fused-ring (bicyclic) bond motifs is 3. The molecule has 1 aromatic rings. The number of nitrogens with one attached hydrogen (secondary N) is 1. The summed E-state index contributed by atoms with van der Waals surface area (Å²) < 4.78 is 0. The second-order valence-corrected chi connectivity index (χ2v) is 4.26. The minimum atomic E-state index is 0.697. The molecule has 2 aliphatic rings. The maximum atomic E-state index is 4.54. The van der Waals surface area contributed by atoms with Crippen molar-refractivity contribution in [2.45, 2.75) is 38.6 Å². The van der Waals surface area contributed by atoms with Gasteiger partial charge in [-0.05, 0) is 37.8 Å². The molecule has 1 aromatic heterocycles. The number of anilines is 1. The van der Waals surface area contributed by atoms with Crippen LogP contribution in [0.3, 0.4) is 0 Å². The lowest BCUT2D eigenvalue weighted by Gasteiger charge is -2.29. The van der Waals surface area contributed by atoms with E-state index < -0.39 is 0 Å². The minimum Gasteiger partial charge on any atom is -0.380 e. The molecule has 68 valence electrons. The van der Waals surface area contributed by atoms with Gasteiger partial charge in [0.1, 0.15) is 0 Å². The quantitative estimate of drug-likeness (QED) is 0.653. The van der Waals surface area contributed by atoms with Crippen LogP contribution < -0.4 is 5.32 Å². The SMILES string of the molecule is Cc1cnc2c(c1C)NC1CCC21. The Morgan fingerprint density at radius 3 is 2.92 bits per heavy atom. The van der Waals surface area contributed by atoms with E-state index in [0.717, 1.165) is 0 Å². The normalized spacial score (nSPS) is 28.8. The van der Waals surface area contributed by atoms with Gasteiger partial charge in [-0.25, -0.2) is 0 Å². The van der Waals surface area contributed by atoms with Gasteiger partial charge in [0.25, 0.3) is 0 Å². The van der Waals surface area contributed by atoms with Crippen molar-refractivity contribution in [2.24, 2.45) is 0 Å². The lowest BCUT2D eigenvalue weighted by Crippen LogP contribution is -2.30. The predicted octanol–water partition coefficient (Wildman–Crippen LogP) is 2.37. The van der Waals surface area contributed by atoms with Crippen LogP contribution in [0.5, 0.6) is 0 Å². The smallest absolute Gasteiger partial charge is 0.0688 e. The van der Waals surface area contributed by atoms with Gasteiger partial charge < -0.3 is 5.32 Å². The van der Waals surface area contributed by atoms with E-state index in [1.54, 1.807) is 0 Å². The van der Waals surface area contributed by atoms with Crippen LogP contribution in [0.25, 0.3) is 0 Å². The van der Waals surface area contributed by atoms with Crippen LogP contribution in [0.15, 0.2) is 6.20 Å². The van der Waals surface area contributed by atoms with Gasteiger partial charge >= 0.3 is 0 Å². The minimum absolute atomic E-state index is 0.697. The summed E-state index contributed by atoms with van der Waals surface area (Å²) in [7, 11) is 0. The summed E-state index contributed by atoms with van der Waals surface area (Å²) in [6.45, 7) is 4.32. The number of nitrogens with zero attached hydrogens (tertiary/aromatic N) is 1.